The molecule has 0 aliphatic heterocycles. The molecule has 0 amide bonds. The van der Waals surface area contributed by atoms with Crippen molar-refractivity contribution in [2.45, 2.75) is 257 Å². The first-order valence-electron chi connectivity index (χ1n) is 27.8. The minimum absolute atomic E-state index is 0.185. The summed E-state index contributed by atoms with van der Waals surface area (Å²) < 4.78 is 22.8. The number of carboxylic acids is 1. The largest absolute Gasteiger partial charge is 0.477 e. The van der Waals surface area contributed by atoms with Gasteiger partial charge in [0.1, 0.15) is 13.2 Å². The number of hydrogen-bond acceptors (Lipinski definition) is 7. The van der Waals surface area contributed by atoms with Crippen LogP contribution in [0.5, 0.6) is 0 Å². The van der Waals surface area contributed by atoms with Crippen LogP contribution in [0.1, 0.15) is 245 Å². The van der Waals surface area contributed by atoms with Crippen molar-refractivity contribution in [2.75, 3.05) is 47.5 Å². The van der Waals surface area contributed by atoms with Gasteiger partial charge in [0.15, 0.2) is 6.10 Å². The van der Waals surface area contributed by atoms with Gasteiger partial charge in [0, 0.05) is 12.8 Å². The summed E-state index contributed by atoms with van der Waals surface area (Å²) in [6.07, 6.45) is 57.7. The smallest absolute Gasteiger partial charge is 0.361 e. The molecule has 0 spiro atoms. The Balaban J connectivity index is 4.15. The molecule has 0 fully saturated rings. The summed E-state index contributed by atoms with van der Waals surface area (Å²) in [6, 6.07) is 0. The van der Waals surface area contributed by atoms with Crippen LogP contribution in [0, 0.1) is 0 Å². The topological polar surface area (TPSA) is 108 Å². The predicted octanol–water partition coefficient (Wildman–Crippen LogP) is 15.9. The van der Waals surface area contributed by atoms with E-state index < -0.39 is 24.3 Å². The Morgan fingerprint density at radius 2 is 0.836 bits per heavy atom. The van der Waals surface area contributed by atoms with Crippen molar-refractivity contribution >= 4 is 17.9 Å². The van der Waals surface area contributed by atoms with Gasteiger partial charge in [0.25, 0.3) is 6.29 Å². The number of unbranched alkanes of at least 4 members (excludes halogenated alkanes) is 28. The number of ether oxygens (including phenoxy) is 4. The van der Waals surface area contributed by atoms with E-state index in [9.17, 15) is 19.5 Å². The van der Waals surface area contributed by atoms with Gasteiger partial charge in [-0.15, -0.1) is 0 Å². The number of carbonyl (C=O) groups excluding carboxylic acids is 2. The molecule has 9 nitrogen and oxygen atoms in total. The fraction of sp³-hybridized carbons (Fsp3) is 0.810. The molecule has 9 heteroatoms. The number of likely N-dealkylation sites (N-methyl/N-ethyl adjacent to an activating group) is 1. The van der Waals surface area contributed by atoms with Gasteiger partial charge in [0.2, 0.25) is 0 Å². The first-order chi connectivity index (χ1) is 32.6. The minimum atomic E-state index is -1.51. The molecule has 0 rings (SSSR count). The fourth-order valence-electron chi connectivity index (χ4n) is 7.73. The van der Waals surface area contributed by atoms with Crippen LogP contribution in [0.15, 0.2) is 48.6 Å². The van der Waals surface area contributed by atoms with Crippen molar-refractivity contribution in [2.24, 2.45) is 0 Å². The molecule has 0 aromatic carbocycles. The van der Waals surface area contributed by atoms with Gasteiger partial charge >= 0.3 is 17.9 Å². The molecular formula is C58H106NO8+. The van der Waals surface area contributed by atoms with Crippen LogP contribution in [-0.2, 0) is 33.3 Å². The lowest BCUT2D eigenvalue weighted by Gasteiger charge is -2.25. The van der Waals surface area contributed by atoms with Crippen LogP contribution in [-0.4, -0.2) is 87.4 Å². The van der Waals surface area contributed by atoms with Crippen molar-refractivity contribution in [1.82, 2.24) is 0 Å². The van der Waals surface area contributed by atoms with E-state index in [0.717, 1.165) is 77.0 Å². The van der Waals surface area contributed by atoms with E-state index in [2.05, 4.69) is 62.5 Å². The Morgan fingerprint density at radius 1 is 0.448 bits per heavy atom. The minimum Gasteiger partial charge on any atom is -0.477 e. The molecular weight excluding hydrogens is 839 g/mol. The molecule has 1 N–H and O–H groups in total. The standard InChI is InChI=1S/C58H105NO8/c1-6-8-10-12-14-16-18-20-21-22-23-24-25-26-27-28-29-30-31-32-33-34-35-37-39-41-43-45-47-49-56(61)67-54(53-66-58(57(62)63)64-51-50-59(3,4)5)52-65-55(60)48-46-44-42-40-38-36-19-17-15-13-11-9-7-2/h11,13,17-20,22-23,54,58H,6-10,12,14-16,21,24-53H2,1-5H3/p+1/b13-11-,19-17-,20-18-,23-22-. The predicted molar refractivity (Wildman–Crippen MR) is 281 cm³/mol. The number of carbonyl (C=O) groups is 3. The Bertz CT molecular complexity index is 1240. The average molecular weight is 945 g/mol. The van der Waals surface area contributed by atoms with Crippen LogP contribution >= 0.6 is 0 Å². The number of hydrogen-bond donors (Lipinski definition) is 1. The van der Waals surface area contributed by atoms with Crippen molar-refractivity contribution in [3.63, 3.8) is 0 Å². The second-order valence-corrected chi connectivity index (χ2v) is 19.9. The van der Waals surface area contributed by atoms with Gasteiger partial charge in [-0.05, 0) is 70.6 Å². The number of aliphatic carboxylic acids is 1. The van der Waals surface area contributed by atoms with E-state index in [1.165, 1.54) is 141 Å². The highest BCUT2D eigenvalue weighted by molar-refractivity contribution is 5.71. The normalized spacial score (nSPS) is 13.1. The molecule has 390 valence electrons. The Morgan fingerprint density at radius 3 is 1.24 bits per heavy atom. The number of nitrogens with zero attached hydrogens (tertiary/aromatic N) is 1. The van der Waals surface area contributed by atoms with Crippen molar-refractivity contribution in [1.29, 1.82) is 0 Å². The van der Waals surface area contributed by atoms with Crippen LogP contribution in [0.25, 0.3) is 0 Å². The summed E-state index contributed by atoms with van der Waals surface area (Å²) in [7, 11) is 5.96. The second kappa shape index (κ2) is 49.7. The molecule has 0 aromatic rings. The van der Waals surface area contributed by atoms with Gasteiger partial charge in [-0.1, -0.05) is 210 Å². The molecule has 67 heavy (non-hydrogen) atoms. The van der Waals surface area contributed by atoms with E-state index in [4.69, 9.17) is 18.9 Å². The number of rotatable bonds is 51. The first-order valence-corrected chi connectivity index (χ1v) is 27.8. The summed E-state index contributed by atoms with van der Waals surface area (Å²) in [5.74, 6) is -2.02. The van der Waals surface area contributed by atoms with E-state index in [1.54, 1.807) is 0 Å². The van der Waals surface area contributed by atoms with Gasteiger partial charge < -0.3 is 28.5 Å². The molecule has 0 bridgehead atoms. The maximum atomic E-state index is 12.8. The quantitative estimate of drug-likeness (QED) is 0.0211. The third-order valence-electron chi connectivity index (χ3n) is 12.0. The maximum Gasteiger partial charge on any atom is 0.361 e. The Hall–Kier alpha value is -2.75. The summed E-state index contributed by atoms with van der Waals surface area (Å²) >= 11 is 0. The molecule has 0 aromatic heterocycles. The molecule has 0 radical (unpaired) electrons. The summed E-state index contributed by atoms with van der Waals surface area (Å²) in [6.45, 7) is 4.80. The SMILES string of the molecule is CCC/C=C\C/C=C\CCCCCCCC(=O)OCC(COC(OCC[N+](C)(C)C)C(=O)O)OC(=O)CCCCCCCCCCCCCCCCCCC/C=C\C/C=C\CCCCCCC. The van der Waals surface area contributed by atoms with Crippen molar-refractivity contribution in [3.8, 4) is 0 Å². The highest BCUT2D eigenvalue weighted by Crippen LogP contribution is 2.16. The molecule has 0 aliphatic rings. The monoisotopic (exact) mass is 945 g/mol. The van der Waals surface area contributed by atoms with Gasteiger partial charge in [-0.25, -0.2) is 4.79 Å². The van der Waals surface area contributed by atoms with Gasteiger partial charge in [-0.2, -0.15) is 0 Å². The van der Waals surface area contributed by atoms with Crippen LogP contribution in [0.2, 0.25) is 0 Å². The van der Waals surface area contributed by atoms with Crippen LogP contribution in [0.3, 0.4) is 0 Å². The van der Waals surface area contributed by atoms with Crippen molar-refractivity contribution in [3.05, 3.63) is 48.6 Å². The third-order valence-corrected chi connectivity index (χ3v) is 12.0. The van der Waals surface area contributed by atoms with Crippen LogP contribution < -0.4 is 0 Å². The second-order valence-electron chi connectivity index (χ2n) is 19.9. The zero-order valence-corrected chi connectivity index (χ0v) is 44.3. The van der Waals surface area contributed by atoms with E-state index in [-0.39, 0.29) is 38.6 Å². The highest BCUT2D eigenvalue weighted by atomic mass is 16.7. The van der Waals surface area contributed by atoms with Crippen molar-refractivity contribution < 1.29 is 42.9 Å². The Kier molecular flexibility index (Phi) is 47.6. The van der Waals surface area contributed by atoms with E-state index in [0.29, 0.717) is 11.0 Å². The lowest BCUT2D eigenvalue weighted by molar-refractivity contribution is -0.870. The Labute approximate surface area is 412 Å². The molecule has 0 saturated carbocycles. The van der Waals surface area contributed by atoms with Gasteiger partial charge in [0.05, 0.1) is 34.4 Å². The average Bonchev–Trinajstić information content (AvgIpc) is 3.29. The summed E-state index contributed by atoms with van der Waals surface area (Å²) in [4.78, 5) is 37.3. The maximum absolute atomic E-state index is 12.8. The molecule has 0 heterocycles. The lowest BCUT2D eigenvalue weighted by Crippen LogP contribution is -2.40. The number of carboxylic acid groups (broad SMARTS) is 1. The number of esters is 2. The van der Waals surface area contributed by atoms with Crippen LogP contribution in [0.4, 0.5) is 0 Å². The zero-order chi connectivity index (χ0) is 49.2. The summed E-state index contributed by atoms with van der Waals surface area (Å²) in [5, 5.41) is 9.67. The first kappa shape index (κ1) is 64.2. The summed E-state index contributed by atoms with van der Waals surface area (Å²) in [5.41, 5.74) is 0. The number of allylic oxidation sites excluding steroid dienone is 8. The van der Waals surface area contributed by atoms with E-state index in [1.807, 2.05) is 21.1 Å². The highest BCUT2D eigenvalue weighted by Gasteiger charge is 2.25. The zero-order valence-electron chi connectivity index (χ0n) is 44.3. The lowest BCUT2D eigenvalue weighted by atomic mass is 10.0. The van der Waals surface area contributed by atoms with E-state index >= 15 is 0 Å². The number of quaternary nitrogens is 1. The fourth-order valence-corrected chi connectivity index (χ4v) is 7.73. The molecule has 0 saturated heterocycles. The molecule has 0 aliphatic carbocycles. The molecule has 2 atom stereocenters. The van der Waals surface area contributed by atoms with Gasteiger partial charge in [-0.3, -0.25) is 9.59 Å². The molecule has 2 unspecified atom stereocenters. The third kappa shape index (κ3) is 50.9.